The summed E-state index contributed by atoms with van der Waals surface area (Å²) >= 11 is 0. The van der Waals surface area contributed by atoms with E-state index >= 15 is 0 Å². The van der Waals surface area contributed by atoms with Crippen LogP contribution in [0, 0.1) is 5.41 Å². The molecule has 0 radical (unpaired) electrons. The molecule has 1 saturated heterocycles. The highest BCUT2D eigenvalue weighted by molar-refractivity contribution is 5.89. The number of ether oxygens (including phenoxy) is 2. The predicted molar refractivity (Wildman–Crippen MR) is 146 cm³/mol. The van der Waals surface area contributed by atoms with Crippen molar-refractivity contribution in [1.29, 1.82) is 0 Å². The molecule has 7 heteroatoms. The second-order valence-corrected chi connectivity index (χ2v) is 11.8. The Bertz CT molecular complexity index is 1150. The molecule has 0 aromatic heterocycles. The second-order valence-electron chi connectivity index (χ2n) is 11.8. The van der Waals surface area contributed by atoms with Gasteiger partial charge in [-0.25, -0.2) is 9.59 Å². The maximum absolute atomic E-state index is 13.0. The smallest absolute Gasteiger partial charge is 0.410 e. The van der Waals surface area contributed by atoms with Gasteiger partial charge in [0.2, 0.25) is 5.91 Å². The van der Waals surface area contributed by atoms with Crippen molar-refractivity contribution < 1.29 is 23.9 Å². The van der Waals surface area contributed by atoms with Crippen molar-refractivity contribution >= 4 is 18.0 Å². The Morgan fingerprint density at radius 3 is 2.32 bits per heavy atom. The Balaban J connectivity index is 1.56. The van der Waals surface area contributed by atoms with Crippen LogP contribution in [0.25, 0.3) is 0 Å². The number of likely N-dealkylation sites (tertiary alicyclic amines) is 1. The average molecular weight is 521 g/mol. The highest BCUT2D eigenvalue weighted by Gasteiger charge is 2.47. The number of methoxy groups -OCH3 is 1. The van der Waals surface area contributed by atoms with Gasteiger partial charge in [0.05, 0.1) is 12.7 Å². The molecule has 2 aliphatic rings. The second kappa shape index (κ2) is 11.2. The van der Waals surface area contributed by atoms with E-state index in [2.05, 4.69) is 12.1 Å². The summed E-state index contributed by atoms with van der Waals surface area (Å²) in [7, 11) is 1.38. The molecule has 1 heterocycles. The van der Waals surface area contributed by atoms with Gasteiger partial charge in [-0.3, -0.25) is 4.79 Å². The van der Waals surface area contributed by atoms with Gasteiger partial charge in [0, 0.05) is 38.5 Å². The monoisotopic (exact) mass is 520 g/mol. The van der Waals surface area contributed by atoms with Crippen LogP contribution >= 0.6 is 0 Å². The lowest BCUT2D eigenvalue weighted by Crippen LogP contribution is -2.51. The molecular weight excluding hydrogens is 480 g/mol. The summed E-state index contributed by atoms with van der Waals surface area (Å²) < 4.78 is 10.5. The minimum atomic E-state index is -0.552. The standard InChI is InChI=1S/C31H40N2O5/c1-22(34)33(27-19-26(27)24-11-7-6-8-12-24)21-31(20-23-10-9-13-25(18-23)28(35)37-5)14-16-32(17-15-31)29(36)38-30(2,3)4/h6-13,18,26-27H,14-17,19-21H2,1-5H3/t26?,27-/m1/s1. The van der Waals surface area contributed by atoms with Crippen LogP contribution in [0.2, 0.25) is 0 Å². The topological polar surface area (TPSA) is 76.2 Å². The van der Waals surface area contributed by atoms with Crippen molar-refractivity contribution in [2.24, 2.45) is 5.41 Å². The van der Waals surface area contributed by atoms with Gasteiger partial charge in [-0.2, -0.15) is 0 Å². The minimum absolute atomic E-state index is 0.0747. The summed E-state index contributed by atoms with van der Waals surface area (Å²) in [5.41, 5.74) is 2.02. The van der Waals surface area contributed by atoms with Crippen molar-refractivity contribution in [2.75, 3.05) is 26.7 Å². The molecule has 4 rings (SSSR count). The first-order chi connectivity index (χ1) is 18.0. The zero-order chi connectivity index (χ0) is 27.5. The predicted octanol–water partition coefficient (Wildman–Crippen LogP) is 5.44. The third-order valence-corrected chi connectivity index (χ3v) is 7.70. The molecule has 2 atom stereocenters. The molecule has 204 valence electrons. The molecule has 0 spiro atoms. The number of hydrogen-bond acceptors (Lipinski definition) is 5. The molecule has 2 aromatic carbocycles. The lowest BCUT2D eigenvalue weighted by Gasteiger charge is -2.45. The van der Waals surface area contributed by atoms with Crippen LogP contribution in [0.4, 0.5) is 4.79 Å². The highest BCUT2D eigenvalue weighted by Crippen LogP contribution is 2.47. The van der Waals surface area contributed by atoms with Crippen molar-refractivity contribution in [3.05, 3.63) is 71.3 Å². The van der Waals surface area contributed by atoms with Crippen molar-refractivity contribution in [2.45, 2.75) is 70.9 Å². The van der Waals surface area contributed by atoms with Gasteiger partial charge in [-0.15, -0.1) is 0 Å². The number of nitrogens with zero attached hydrogens (tertiary/aromatic N) is 2. The Labute approximate surface area is 226 Å². The number of piperidine rings is 1. The zero-order valence-electron chi connectivity index (χ0n) is 23.2. The van der Waals surface area contributed by atoms with Gasteiger partial charge in [-0.1, -0.05) is 42.5 Å². The molecule has 1 unspecified atom stereocenters. The van der Waals surface area contributed by atoms with E-state index in [1.165, 1.54) is 12.7 Å². The van der Waals surface area contributed by atoms with E-state index < -0.39 is 5.60 Å². The van der Waals surface area contributed by atoms with Crippen molar-refractivity contribution in [1.82, 2.24) is 9.80 Å². The Hall–Kier alpha value is -3.35. The molecule has 2 amide bonds. The van der Waals surface area contributed by atoms with Gasteiger partial charge in [-0.05, 0) is 75.1 Å². The number of hydrogen-bond donors (Lipinski definition) is 0. The minimum Gasteiger partial charge on any atom is -0.465 e. The van der Waals surface area contributed by atoms with Crippen LogP contribution < -0.4 is 0 Å². The van der Waals surface area contributed by atoms with Crippen molar-refractivity contribution in [3.63, 3.8) is 0 Å². The molecule has 1 saturated carbocycles. The average Bonchev–Trinajstić information content (AvgIpc) is 3.67. The molecule has 38 heavy (non-hydrogen) atoms. The fourth-order valence-electron chi connectivity index (χ4n) is 5.65. The summed E-state index contributed by atoms with van der Waals surface area (Å²) in [6.07, 6.45) is 2.84. The normalized spacial score (nSPS) is 20.4. The van der Waals surface area contributed by atoms with Gasteiger partial charge in [0.15, 0.2) is 0 Å². The van der Waals surface area contributed by atoms with Crippen LogP contribution in [0.3, 0.4) is 0 Å². The van der Waals surface area contributed by atoms with Crippen LogP contribution in [-0.2, 0) is 20.7 Å². The van der Waals surface area contributed by atoms with Crippen molar-refractivity contribution in [3.8, 4) is 0 Å². The number of esters is 1. The van der Waals surface area contributed by atoms with Crippen LogP contribution in [0.1, 0.15) is 74.4 Å². The van der Waals surface area contributed by atoms with E-state index in [-0.39, 0.29) is 29.4 Å². The third-order valence-electron chi connectivity index (χ3n) is 7.70. The first-order valence-electron chi connectivity index (χ1n) is 13.5. The number of rotatable bonds is 7. The van der Waals surface area contributed by atoms with Crippen LogP contribution in [-0.4, -0.2) is 66.2 Å². The van der Waals surface area contributed by atoms with Gasteiger partial charge >= 0.3 is 12.1 Å². The summed E-state index contributed by atoms with van der Waals surface area (Å²) in [6, 6.07) is 18.1. The Kier molecular flexibility index (Phi) is 8.14. The lowest BCUT2D eigenvalue weighted by molar-refractivity contribution is -0.132. The molecule has 7 nitrogen and oxygen atoms in total. The maximum atomic E-state index is 13.0. The summed E-state index contributed by atoms with van der Waals surface area (Å²) in [4.78, 5) is 41.7. The highest BCUT2D eigenvalue weighted by atomic mass is 16.6. The third kappa shape index (κ3) is 6.74. The van der Waals surface area contributed by atoms with Gasteiger partial charge in [0.25, 0.3) is 0 Å². The maximum Gasteiger partial charge on any atom is 0.410 e. The Morgan fingerprint density at radius 2 is 1.71 bits per heavy atom. The van der Waals surface area contributed by atoms with E-state index in [0.29, 0.717) is 37.5 Å². The lowest BCUT2D eigenvalue weighted by atomic mass is 9.73. The number of carbonyl (C=O) groups is 3. The molecule has 2 aromatic rings. The fraction of sp³-hybridized carbons (Fsp3) is 0.516. The zero-order valence-corrected chi connectivity index (χ0v) is 23.2. The van der Waals surface area contributed by atoms with Gasteiger partial charge < -0.3 is 19.3 Å². The quantitative estimate of drug-likeness (QED) is 0.455. The number of benzene rings is 2. The number of amides is 2. The van der Waals surface area contributed by atoms with Gasteiger partial charge in [0.1, 0.15) is 5.60 Å². The van der Waals surface area contributed by atoms with Crippen LogP contribution in [0.5, 0.6) is 0 Å². The molecule has 0 N–H and O–H groups in total. The first-order valence-corrected chi connectivity index (χ1v) is 13.5. The summed E-state index contributed by atoms with van der Waals surface area (Å²) in [5, 5.41) is 0. The van der Waals surface area contributed by atoms with E-state index in [1.807, 2.05) is 62.1 Å². The molecule has 1 aliphatic carbocycles. The largest absolute Gasteiger partial charge is 0.465 e. The fourth-order valence-corrected chi connectivity index (χ4v) is 5.65. The van der Waals surface area contributed by atoms with E-state index in [4.69, 9.17) is 9.47 Å². The number of carbonyl (C=O) groups excluding carboxylic acids is 3. The molecule has 0 bridgehead atoms. The Morgan fingerprint density at radius 1 is 1.03 bits per heavy atom. The first kappa shape index (κ1) is 27.7. The SMILES string of the molecule is COC(=O)c1cccc(CC2(CN(C(C)=O)[C@@H]3CC3c3ccccc3)CCN(C(=O)OC(C)(C)C)CC2)c1. The van der Waals surface area contributed by atoms with E-state index in [0.717, 1.165) is 24.8 Å². The van der Waals surface area contributed by atoms with Crippen LogP contribution in [0.15, 0.2) is 54.6 Å². The van der Waals surface area contributed by atoms with E-state index in [1.54, 1.807) is 17.9 Å². The molecular formula is C31H40N2O5. The summed E-state index contributed by atoms with van der Waals surface area (Å²) in [5.74, 6) is 0.0574. The van der Waals surface area contributed by atoms with E-state index in [9.17, 15) is 14.4 Å². The molecule has 2 fully saturated rings. The molecule has 1 aliphatic heterocycles. The summed E-state index contributed by atoms with van der Waals surface area (Å²) in [6.45, 7) is 9.00.